The molecule has 1 aromatic carbocycles. The molecule has 8 heteroatoms. The van der Waals surface area contributed by atoms with Crippen molar-refractivity contribution in [2.24, 2.45) is 0 Å². The van der Waals surface area contributed by atoms with Crippen LogP contribution in [0, 0.1) is 6.92 Å². The Morgan fingerprint density at radius 1 is 1.24 bits per heavy atom. The lowest BCUT2D eigenvalue weighted by Crippen LogP contribution is -2.45. The molecule has 1 aliphatic heterocycles. The van der Waals surface area contributed by atoms with E-state index in [-0.39, 0.29) is 30.0 Å². The highest BCUT2D eigenvalue weighted by molar-refractivity contribution is 6.01. The topological polar surface area (TPSA) is 110 Å². The molecular weight excluding hydrogens is 372 g/mol. The van der Waals surface area contributed by atoms with Crippen LogP contribution in [0.2, 0.25) is 0 Å². The van der Waals surface area contributed by atoms with Crippen molar-refractivity contribution in [1.29, 1.82) is 0 Å². The first kappa shape index (κ1) is 20.7. The van der Waals surface area contributed by atoms with Crippen LogP contribution < -0.4 is 16.2 Å². The first-order valence-corrected chi connectivity index (χ1v) is 10.1. The molecule has 1 unspecified atom stereocenters. The van der Waals surface area contributed by atoms with Gasteiger partial charge in [-0.2, -0.15) is 0 Å². The van der Waals surface area contributed by atoms with Crippen LogP contribution in [0.5, 0.6) is 0 Å². The summed E-state index contributed by atoms with van der Waals surface area (Å²) in [7, 11) is 0. The Labute approximate surface area is 168 Å². The van der Waals surface area contributed by atoms with Crippen LogP contribution in [0.15, 0.2) is 23.0 Å². The number of benzene rings is 1. The SMILES string of the molecule is CCCCCCC(=O)Nc1cccc2nc(C)n(C3CCC(=O)NC3=O)c(=O)c12. The van der Waals surface area contributed by atoms with Gasteiger partial charge in [0, 0.05) is 12.8 Å². The maximum absolute atomic E-state index is 13.3. The minimum atomic E-state index is -0.796. The largest absolute Gasteiger partial charge is 0.325 e. The predicted octanol–water partition coefficient (Wildman–Crippen LogP) is 2.59. The number of nitrogens with one attached hydrogen (secondary N) is 2. The number of piperidine rings is 1. The normalized spacial score (nSPS) is 16.7. The number of unbranched alkanes of at least 4 members (excludes halogenated alkanes) is 3. The Bertz CT molecular complexity index is 1010. The van der Waals surface area contributed by atoms with Gasteiger partial charge in [0.1, 0.15) is 11.9 Å². The lowest BCUT2D eigenvalue weighted by molar-refractivity contribution is -0.135. The summed E-state index contributed by atoms with van der Waals surface area (Å²) in [6.07, 6.45) is 4.75. The van der Waals surface area contributed by atoms with Gasteiger partial charge >= 0.3 is 0 Å². The summed E-state index contributed by atoms with van der Waals surface area (Å²) in [6.45, 7) is 3.77. The van der Waals surface area contributed by atoms with Gasteiger partial charge in [0.05, 0.1) is 16.6 Å². The minimum Gasteiger partial charge on any atom is -0.325 e. The second kappa shape index (κ2) is 8.98. The molecule has 0 spiro atoms. The number of anilines is 1. The van der Waals surface area contributed by atoms with Gasteiger partial charge in [0.2, 0.25) is 17.7 Å². The number of nitrogens with zero attached hydrogens (tertiary/aromatic N) is 2. The van der Waals surface area contributed by atoms with Gasteiger partial charge in [-0.05, 0) is 31.9 Å². The van der Waals surface area contributed by atoms with Crippen molar-refractivity contribution >= 4 is 34.3 Å². The van der Waals surface area contributed by atoms with E-state index in [0.29, 0.717) is 23.4 Å². The fraction of sp³-hybridized carbons (Fsp3) is 0.476. The van der Waals surface area contributed by atoms with Crippen LogP contribution in [0.4, 0.5) is 5.69 Å². The predicted molar refractivity (Wildman–Crippen MR) is 110 cm³/mol. The van der Waals surface area contributed by atoms with Crippen molar-refractivity contribution < 1.29 is 14.4 Å². The lowest BCUT2D eigenvalue weighted by Gasteiger charge is -2.24. The average molecular weight is 398 g/mol. The number of aryl methyl sites for hydroxylation is 1. The maximum atomic E-state index is 13.3. The molecule has 29 heavy (non-hydrogen) atoms. The number of aromatic nitrogens is 2. The Hall–Kier alpha value is -3.03. The number of imide groups is 1. The molecule has 0 radical (unpaired) electrons. The number of carbonyl (C=O) groups excluding carboxylic acids is 3. The van der Waals surface area contributed by atoms with Gasteiger partial charge in [-0.3, -0.25) is 29.1 Å². The smallest absolute Gasteiger partial charge is 0.264 e. The molecule has 2 heterocycles. The number of fused-ring (bicyclic) bond motifs is 1. The van der Waals surface area contributed by atoms with Crippen LogP contribution in [-0.4, -0.2) is 27.3 Å². The maximum Gasteiger partial charge on any atom is 0.264 e. The summed E-state index contributed by atoms with van der Waals surface area (Å²) in [5.41, 5.74) is 0.449. The standard InChI is InChI=1S/C21H26N4O4/c1-3-4-5-6-10-17(26)23-15-9-7-8-14-19(15)21(29)25(13(2)22-14)16-11-12-18(27)24-20(16)28/h7-9,16H,3-6,10-12H2,1-2H3,(H,23,26)(H,24,27,28). The first-order chi connectivity index (χ1) is 13.9. The highest BCUT2D eigenvalue weighted by Crippen LogP contribution is 2.23. The van der Waals surface area contributed by atoms with Crippen LogP contribution in [-0.2, 0) is 14.4 Å². The highest BCUT2D eigenvalue weighted by atomic mass is 16.2. The molecule has 0 aliphatic carbocycles. The second-order valence-corrected chi connectivity index (χ2v) is 7.36. The zero-order chi connectivity index (χ0) is 21.0. The summed E-state index contributed by atoms with van der Waals surface area (Å²) in [5, 5.41) is 5.37. The lowest BCUT2D eigenvalue weighted by atomic mass is 10.1. The van der Waals surface area contributed by atoms with Gasteiger partial charge < -0.3 is 5.32 Å². The molecule has 8 nitrogen and oxygen atoms in total. The quantitative estimate of drug-likeness (QED) is 0.550. The third-order valence-electron chi connectivity index (χ3n) is 5.16. The van der Waals surface area contributed by atoms with Crippen molar-refractivity contribution in [2.75, 3.05) is 5.32 Å². The molecule has 1 fully saturated rings. The van der Waals surface area contributed by atoms with Crippen molar-refractivity contribution in [2.45, 2.75) is 64.8 Å². The molecule has 3 rings (SSSR count). The first-order valence-electron chi connectivity index (χ1n) is 10.1. The summed E-state index contributed by atoms with van der Waals surface area (Å²) in [5.74, 6) is -0.618. The van der Waals surface area contributed by atoms with E-state index in [1.54, 1.807) is 25.1 Å². The molecule has 2 N–H and O–H groups in total. The zero-order valence-electron chi connectivity index (χ0n) is 16.8. The van der Waals surface area contributed by atoms with Gasteiger partial charge in [0.25, 0.3) is 5.56 Å². The molecule has 0 bridgehead atoms. The Morgan fingerprint density at radius 2 is 2.03 bits per heavy atom. The molecule has 1 aromatic heterocycles. The third-order valence-corrected chi connectivity index (χ3v) is 5.16. The number of hydrogen-bond acceptors (Lipinski definition) is 5. The third kappa shape index (κ3) is 4.52. The van der Waals surface area contributed by atoms with Gasteiger partial charge in [-0.25, -0.2) is 4.98 Å². The van der Waals surface area contributed by atoms with Gasteiger partial charge in [-0.1, -0.05) is 32.3 Å². The molecule has 1 atom stereocenters. The van der Waals surface area contributed by atoms with Crippen molar-refractivity contribution in [1.82, 2.24) is 14.9 Å². The summed E-state index contributed by atoms with van der Waals surface area (Å²) < 4.78 is 1.32. The van der Waals surface area contributed by atoms with E-state index in [1.807, 2.05) is 0 Å². The van der Waals surface area contributed by atoms with E-state index in [0.717, 1.165) is 25.7 Å². The van der Waals surface area contributed by atoms with Crippen LogP contribution in [0.3, 0.4) is 0 Å². The second-order valence-electron chi connectivity index (χ2n) is 7.36. The van der Waals surface area contributed by atoms with Crippen LogP contribution in [0.1, 0.15) is 63.7 Å². The van der Waals surface area contributed by atoms with E-state index < -0.39 is 17.5 Å². The Balaban J connectivity index is 1.94. The van der Waals surface area contributed by atoms with Crippen LogP contribution in [0.25, 0.3) is 10.9 Å². The summed E-state index contributed by atoms with van der Waals surface area (Å²) in [4.78, 5) is 53.8. The molecule has 3 amide bonds. The van der Waals surface area contributed by atoms with E-state index >= 15 is 0 Å². The number of hydrogen-bond donors (Lipinski definition) is 2. The molecule has 1 saturated heterocycles. The molecule has 1 aliphatic rings. The minimum absolute atomic E-state index is 0.152. The Morgan fingerprint density at radius 3 is 2.76 bits per heavy atom. The van der Waals surface area contributed by atoms with E-state index in [4.69, 9.17) is 0 Å². The van der Waals surface area contributed by atoms with Gasteiger partial charge in [0.15, 0.2) is 0 Å². The van der Waals surface area contributed by atoms with Crippen molar-refractivity contribution in [3.63, 3.8) is 0 Å². The Kier molecular flexibility index (Phi) is 6.41. The van der Waals surface area contributed by atoms with Gasteiger partial charge in [-0.15, -0.1) is 0 Å². The monoisotopic (exact) mass is 398 g/mol. The summed E-state index contributed by atoms with van der Waals surface area (Å²) >= 11 is 0. The number of carbonyl (C=O) groups is 3. The zero-order valence-corrected chi connectivity index (χ0v) is 16.8. The highest BCUT2D eigenvalue weighted by Gasteiger charge is 2.30. The molecule has 0 saturated carbocycles. The van der Waals surface area contributed by atoms with Crippen molar-refractivity contribution in [3.8, 4) is 0 Å². The number of amides is 3. The fourth-order valence-corrected chi connectivity index (χ4v) is 3.68. The summed E-state index contributed by atoms with van der Waals surface area (Å²) in [6, 6.07) is 4.31. The van der Waals surface area contributed by atoms with E-state index in [1.165, 1.54) is 4.57 Å². The molecule has 2 aromatic rings. The average Bonchev–Trinajstić information content (AvgIpc) is 2.66. The molecule has 154 valence electrons. The number of rotatable bonds is 7. The van der Waals surface area contributed by atoms with E-state index in [9.17, 15) is 19.2 Å². The fourth-order valence-electron chi connectivity index (χ4n) is 3.68. The van der Waals surface area contributed by atoms with E-state index in [2.05, 4.69) is 22.5 Å². The van der Waals surface area contributed by atoms with Crippen molar-refractivity contribution in [3.05, 3.63) is 34.4 Å². The molecular formula is C21H26N4O4. The van der Waals surface area contributed by atoms with Crippen LogP contribution >= 0.6 is 0 Å².